The molecule has 1 aliphatic heterocycles. The van der Waals surface area contributed by atoms with Gasteiger partial charge in [-0.1, -0.05) is 13.3 Å². The molecular weight excluding hydrogens is 468 g/mol. The lowest BCUT2D eigenvalue weighted by Crippen LogP contribution is -2.38. The molecule has 4 N–H and O–H groups in total. The zero-order chi connectivity index (χ0) is 24.3. The number of carbonyl (C=O) groups is 1. The number of hydrogen-bond donors (Lipinski definition) is 3. The Morgan fingerprint density at radius 2 is 2.00 bits per heavy atom. The van der Waals surface area contributed by atoms with E-state index < -0.39 is 15.9 Å². The molecule has 0 spiro atoms. The highest BCUT2D eigenvalue weighted by atomic mass is 32.2. The van der Waals surface area contributed by atoms with Crippen LogP contribution in [0.5, 0.6) is 0 Å². The Balaban J connectivity index is 1.62. The summed E-state index contributed by atoms with van der Waals surface area (Å²) in [5.74, 6) is -0.0932. The molecule has 0 aliphatic carbocycles. The third kappa shape index (κ3) is 5.22. The molecule has 0 atom stereocenters. The van der Waals surface area contributed by atoms with Crippen LogP contribution in [0.2, 0.25) is 0 Å². The highest BCUT2D eigenvalue weighted by molar-refractivity contribution is 7.89. The van der Waals surface area contributed by atoms with Crippen molar-refractivity contribution in [2.75, 3.05) is 25.4 Å². The summed E-state index contributed by atoms with van der Waals surface area (Å²) in [4.78, 5) is 17.9. The van der Waals surface area contributed by atoms with E-state index in [0.717, 1.165) is 59.3 Å². The van der Waals surface area contributed by atoms with Gasteiger partial charge in [-0.2, -0.15) is 0 Å². The van der Waals surface area contributed by atoms with E-state index in [1.807, 2.05) is 12.3 Å². The quantitative estimate of drug-likeness (QED) is 0.357. The van der Waals surface area contributed by atoms with Gasteiger partial charge in [0.05, 0.1) is 16.8 Å². The number of thiophene rings is 1. The van der Waals surface area contributed by atoms with Gasteiger partial charge in [0.2, 0.25) is 10.0 Å². The number of unbranched alkanes of at least 4 members (excludes halogenated alkanes) is 1. The van der Waals surface area contributed by atoms with Crippen LogP contribution < -0.4 is 11.1 Å². The number of primary amides is 1. The van der Waals surface area contributed by atoms with Gasteiger partial charge in [-0.25, -0.2) is 12.7 Å². The number of carbonyl (C=O) groups excluding carboxylic acids is 1. The van der Waals surface area contributed by atoms with Gasteiger partial charge >= 0.3 is 0 Å². The number of nitrogens with one attached hydrogen (secondary N) is 2. The van der Waals surface area contributed by atoms with Gasteiger partial charge in [-0.05, 0) is 74.0 Å². The van der Waals surface area contributed by atoms with Crippen molar-refractivity contribution in [3.05, 3.63) is 46.5 Å². The zero-order valence-electron chi connectivity index (χ0n) is 19.9. The van der Waals surface area contributed by atoms with Crippen LogP contribution in [-0.4, -0.2) is 49.0 Å². The number of fused-ring (bicyclic) bond motifs is 1. The third-order valence-corrected chi connectivity index (χ3v) is 9.71. The fourth-order valence-electron chi connectivity index (χ4n) is 4.70. The Kier molecular flexibility index (Phi) is 7.77. The molecule has 1 aliphatic rings. The van der Waals surface area contributed by atoms with Crippen molar-refractivity contribution in [1.82, 2.24) is 14.6 Å². The molecule has 34 heavy (non-hydrogen) atoms. The van der Waals surface area contributed by atoms with Crippen molar-refractivity contribution < 1.29 is 13.2 Å². The monoisotopic (exact) mass is 502 g/mol. The Labute approximate surface area is 205 Å². The Bertz CT molecular complexity index is 1250. The van der Waals surface area contributed by atoms with Gasteiger partial charge < -0.3 is 16.0 Å². The summed E-state index contributed by atoms with van der Waals surface area (Å²) >= 11 is 1.72. The first kappa shape index (κ1) is 24.9. The summed E-state index contributed by atoms with van der Waals surface area (Å²) in [5, 5.41) is 4.48. The minimum atomic E-state index is -3.16. The maximum atomic E-state index is 12.3. The molecule has 3 heterocycles. The van der Waals surface area contributed by atoms with Gasteiger partial charge in [-0.3, -0.25) is 4.79 Å². The molecule has 1 aromatic carbocycles. The first-order valence-corrected chi connectivity index (χ1v) is 14.5. The van der Waals surface area contributed by atoms with Crippen LogP contribution in [0.3, 0.4) is 0 Å². The number of nitrogens with zero attached hydrogens (tertiary/aromatic N) is 1. The minimum Gasteiger partial charge on any atom is -0.366 e. The molecule has 2 aromatic heterocycles. The molecule has 0 unspecified atom stereocenters. The number of sulfonamides is 1. The second kappa shape index (κ2) is 10.6. The van der Waals surface area contributed by atoms with Crippen LogP contribution in [-0.2, 0) is 16.6 Å². The van der Waals surface area contributed by atoms with Crippen LogP contribution in [0.1, 0.15) is 66.2 Å². The number of benzene rings is 1. The molecule has 0 bridgehead atoms. The SMILES string of the molecule is CCCCNCc1ccc(-c2cc(C(N)=O)c3[nH]cc(C4CCN(S(=O)(=O)CC)CC4)c3c2)s1. The lowest BCUT2D eigenvalue weighted by Gasteiger charge is -2.31. The third-order valence-electron chi connectivity index (χ3n) is 6.69. The molecule has 1 saturated heterocycles. The second-order valence-electron chi connectivity index (χ2n) is 8.92. The number of H-pyrrole nitrogens is 1. The van der Waals surface area contributed by atoms with E-state index in [-0.39, 0.29) is 11.7 Å². The van der Waals surface area contributed by atoms with Gasteiger partial charge in [0.1, 0.15) is 0 Å². The Morgan fingerprint density at radius 1 is 1.24 bits per heavy atom. The van der Waals surface area contributed by atoms with E-state index in [1.54, 1.807) is 22.6 Å². The van der Waals surface area contributed by atoms with Crippen molar-refractivity contribution in [1.29, 1.82) is 0 Å². The summed E-state index contributed by atoms with van der Waals surface area (Å²) in [6.07, 6.45) is 5.82. The van der Waals surface area contributed by atoms with E-state index >= 15 is 0 Å². The number of aromatic amines is 1. The molecule has 7 nitrogen and oxygen atoms in total. The largest absolute Gasteiger partial charge is 0.366 e. The average molecular weight is 503 g/mol. The first-order valence-electron chi connectivity index (χ1n) is 12.1. The molecule has 1 amide bonds. The molecule has 184 valence electrons. The number of piperidine rings is 1. The van der Waals surface area contributed by atoms with Crippen LogP contribution in [0.4, 0.5) is 0 Å². The summed E-state index contributed by atoms with van der Waals surface area (Å²) in [6, 6.07) is 8.26. The summed E-state index contributed by atoms with van der Waals surface area (Å²) in [6.45, 7) is 6.76. The molecule has 4 rings (SSSR count). The van der Waals surface area contributed by atoms with Crippen LogP contribution in [0.15, 0.2) is 30.5 Å². The van der Waals surface area contributed by atoms with Crippen LogP contribution in [0, 0.1) is 0 Å². The lowest BCUT2D eigenvalue weighted by molar-refractivity contribution is 0.100. The van der Waals surface area contributed by atoms with Crippen molar-refractivity contribution in [3.8, 4) is 10.4 Å². The molecule has 3 aromatic rings. The van der Waals surface area contributed by atoms with Crippen molar-refractivity contribution in [3.63, 3.8) is 0 Å². The lowest BCUT2D eigenvalue weighted by atomic mass is 9.89. The number of amides is 1. The van der Waals surface area contributed by atoms with Gasteiger partial charge in [0.25, 0.3) is 5.91 Å². The number of aromatic nitrogens is 1. The predicted molar refractivity (Wildman–Crippen MR) is 140 cm³/mol. The number of hydrogen-bond acceptors (Lipinski definition) is 5. The predicted octanol–water partition coefficient (Wildman–Crippen LogP) is 4.41. The molecule has 0 radical (unpaired) electrons. The molecule has 0 saturated carbocycles. The summed E-state index contributed by atoms with van der Waals surface area (Å²) in [7, 11) is -3.16. The smallest absolute Gasteiger partial charge is 0.250 e. The van der Waals surface area contributed by atoms with E-state index in [0.29, 0.717) is 18.7 Å². The maximum Gasteiger partial charge on any atom is 0.250 e. The summed E-state index contributed by atoms with van der Waals surface area (Å²) < 4.78 is 26.1. The van der Waals surface area contributed by atoms with E-state index in [9.17, 15) is 13.2 Å². The molecule has 1 fully saturated rings. The highest BCUT2D eigenvalue weighted by Crippen LogP contribution is 2.38. The Morgan fingerprint density at radius 3 is 2.68 bits per heavy atom. The Hall–Kier alpha value is -2.20. The van der Waals surface area contributed by atoms with Crippen molar-refractivity contribution in [2.45, 2.75) is 52.0 Å². The zero-order valence-corrected chi connectivity index (χ0v) is 21.5. The minimum absolute atomic E-state index is 0.132. The van der Waals surface area contributed by atoms with Crippen molar-refractivity contribution in [2.24, 2.45) is 5.73 Å². The fraction of sp³-hybridized carbons (Fsp3) is 0.480. The van der Waals surface area contributed by atoms with E-state index in [4.69, 9.17) is 5.73 Å². The molecule has 9 heteroatoms. The average Bonchev–Trinajstić information content (AvgIpc) is 3.48. The second-order valence-corrected chi connectivity index (χ2v) is 12.4. The van der Waals surface area contributed by atoms with E-state index in [1.165, 1.54) is 11.3 Å². The van der Waals surface area contributed by atoms with Crippen molar-refractivity contribution >= 4 is 38.2 Å². The summed E-state index contributed by atoms with van der Waals surface area (Å²) in [5.41, 5.74) is 9.12. The fourth-order valence-corrected chi connectivity index (χ4v) is 6.79. The normalized spacial score (nSPS) is 15.8. The first-order chi connectivity index (χ1) is 16.3. The van der Waals surface area contributed by atoms with Crippen LogP contribution >= 0.6 is 11.3 Å². The van der Waals surface area contributed by atoms with Gasteiger partial charge in [0, 0.05) is 41.0 Å². The van der Waals surface area contributed by atoms with Gasteiger partial charge in [0.15, 0.2) is 0 Å². The van der Waals surface area contributed by atoms with Gasteiger partial charge in [-0.15, -0.1) is 11.3 Å². The van der Waals surface area contributed by atoms with Crippen LogP contribution in [0.25, 0.3) is 21.3 Å². The molecular formula is C25H34N4O3S2. The topological polar surface area (TPSA) is 108 Å². The standard InChI is InChI=1S/C25H34N4O3S2/c1-3-5-10-27-15-19-6-7-23(33-19)18-13-20-22(16-28-24(20)21(14-18)25(26)30)17-8-11-29(12-9-17)34(31,32)4-2/h6-7,13-14,16-17,27-28H,3-5,8-12,15H2,1-2H3,(H2,26,30). The number of rotatable bonds is 10. The van der Waals surface area contributed by atoms with E-state index in [2.05, 4.69) is 35.4 Å². The highest BCUT2D eigenvalue weighted by Gasteiger charge is 2.29. The maximum absolute atomic E-state index is 12.3. The number of nitrogens with two attached hydrogens (primary N) is 1.